The zero-order chi connectivity index (χ0) is 18.6. The van der Waals surface area contributed by atoms with Crippen molar-refractivity contribution in [3.8, 4) is 17.1 Å². The van der Waals surface area contributed by atoms with Gasteiger partial charge in [-0.15, -0.1) is 0 Å². The maximum Gasteiger partial charge on any atom is 0.316 e. The van der Waals surface area contributed by atoms with Crippen LogP contribution in [0.1, 0.15) is 16.2 Å². The molecule has 7 heteroatoms. The zero-order valence-electron chi connectivity index (χ0n) is 14.7. The summed E-state index contributed by atoms with van der Waals surface area (Å²) in [5.74, 6) is 0.750. The number of methoxy groups -OCH3 is 1. The Labute approximate surface area is 155 Å². The fourth-order valence-electron chi connectivity index (χ4n) is 2.81. The van der Waals surface area contributed by atoms with Gasteiger partial charge in [-0.3, -0.25) is 4.79 Å². The maximum absolute atomic E-state index is 12.2. The van der Waals surface area contributed by atoms with Crippen molar-refractivity contribution in [3.05, 3.63) is 66.2 Å². The summed E-state index contributed by atoms with van der Waals surface area (Å²) in [6, 6.07) is 15.5. The van der Waals surface area contributed by atoms with E-state index >= 15 is 0 Å². The average Bonchev–Trinajstić information content (AvgIpc) is 3.37. The second kappa shape index (κ2) is 7.33. The number of hydrogen-bond acceptors (Lipinski definition) is 5. The van der Waals surface area contributed by atoms with Gasteiger partial charge in [-0.2, -0.15) is 4.98 Å². The van der Waals surface area contributed by atoms with Gasteiger partial charge >= 0.3 is 11.8 Å². The molecule has 0 fully saturated rings. The molecular weight excluding hydrogens is 344 g/mol. The van der Waals surface area contributed by atoms with Gasteiger partial charge in [0.15, 0.2) is 0 Å². The lowest BCUT2D eigenvalue weighted by atomic mass is 10.1. The van der Waals surface area contributed by atoms with Crippen molar-refractivity contribution < 1.29 is 14.1 Å². The predicted molar refractivity (Wildman–Crippen MR) is 101 cm³/mol. The number of carbonyl (C=O) groups is 1. The van der Waals surface area contributed by atoms with E-state index in [-0.39, 0.29) is 11.8 Å². The number of aromatic amines is 1. The first-order valence-corrected chi connectivity index (χ1v) is 8.55. The SMILES string of the molecule is COc1ccc(CCNC(=O)c2nc(-c3ccc4cc[nH]c4c3)no2)cc1. The highest BCUT2D eigenvalue weighted by Crippen LogP contribution is 2.21. The number of fused-ring (bicyclic) bond motifs is 1. The summed E-state index contributed by atoms with van der Waals surface area (Å²) < 4.78 is 10.2. The van der Waals surface area contributed by atoms with Gasteiger partial charge in [-0.25, -0.2) is 0 Å². The largest absolute Gasteiger partial charge is 0.497 e. The van der Waals surface area contributed by atoms with E-state index in [1.165, 1.54) is 0 Å². The van der Waals surface area contributed by atoms with Crippen LogP contribution in [0.2, 0.25) is 0 Å². The molecule has 0 spiro atoms. The Kier molecular flexibility index (Phi) is 4.57. The van der Waals surface area contributed by atoms with Gasteiger partial charge in [0.2, 0.25) is 5.82 Å². The molecule has 136 valence electrons. The minimum absolute atomic E-state index is 0.0497. The molecule has 4 aromatic rings. The van der Waals surface area contributed by atoms with E-state index in [1.54, 1.807) is 7.11 Å². The quantitative estimate of drug-likeness (QED) is 0.549. The van der Waals surface area contributed by atoms with E-state index in [1.807, 2.05) is 54.7 Å². The first-order valence-electron chi connectivity index (χ1n) is 8.55. The summed E-state index contributed by atoms with van der Waals surface area (Å²) in [5, 5.41) is 7.80. The third-order valence-electron chi connectivity index (χ3n) is 4.29. The number of carbonyl (C=O) groups excluding carboxylic acids is 1. The highest BCUT2D eigenvalue weighted by atomic mass is 16.5. The first kappa shape index (κ1) is 16.8. The Hall–Kier alpha value is -3.61. The molecule has 2 aromatic carbocycles. The van der Waals surface area contributed by atoms with Crippen molar-refractivity contribution >= 4 is 16.8 Å². The number of nitrogens with one attached hydrogen (secondary N) is 2. The number of rotatable bonds is 6. The number of nitrogens with zero attached hydrogens (tertiary/aromatic N) is 2. The van der Waals surface area contributed by atoms with Crippen molar-refractivity contribution in [3.63, 3.8) is 0 Å². The Morgan fingerprint density at radius 2 is 2.04 bits per heavy atom. The number of aromatic nitrogens is 3. The second-order valence-corrected chi connectivity index (χ2v) is 6.06. The fraction of sp³-hybridized carbons (Fsp3) is 0.150. The molecule has 4 rings (SSSR count). The molecule has 0 bridgehead atoms. The van der Waals surface area contributed by atoms with E-state index < -0.39 is 0 Å². The van der Waals surface area contributed by atoms with Gasteiger partial charge in [-0.1, -0.05) is 29.4 Å². The van der Waals surface area contributed by atoms with Crippen LogP contribution in [0.15, 0.2) is 59.3 Å². The van der Waals surface area contributed by atoms with Crippen molar-refractivity contribution in [2.45, 2.75) is 6.42 Å². The van der Waals surface area contributed by atoms with Crippen LogP contribution < -0.4 is 10.1 Å². The Balaban J connectivity index is 1.37. The van der Waals surface area contributed by atoms with Crippen LogP contribution >= 0.6 is 0 Å². The molecular formula is C20H18N4O3. The third-order valence-corrected chi connectivity index (χ3v) is 4.29. The lowest BCUT2D eigenvalue weighted by molar-refractivity contribution is 0.0910. The Bertz CT molecular complexity index is 1070. The van der Waals surface area contributed by atoms with Crippen molar-refractivity contribution in [2.75, 3.05) is 13.7 Å². The van der Waals surface area contributed by atoms with Crippen molar-refractivity contribution in [1.82, 2.24) is 20.4 Å². The lowest BCUT2D eigenvalue weighted by Crippen LogP contribution is -2.26. The van der Waals surface area contributed by atoms with Gasteiger partial charge in [0, 0.05) is 23.8 Å². The number of amides is 1. The van der Waals surface area contributed by atoms with Crippen LogP contribution in [0.4, 0.5) is 0 Å². The van der Waals surface area contributed by atoms with Crippen LogP contribution in [-0.4, -0.2) is 34.7 Å². The molecule has 27 heavy (non-hydrogen) atoms. The van der Waals surface area contributed by atoms with Crippen LogP contribution in [0, 0.1) is 0 Å². The number of hydrogen-bond donors (Lipinski definition) is 2. The number of H-pyrrole nitrogens is 1. The molecule has 2 heterocycles. The van der Waals surface area contributed by atoms with Crippen LogP contribution in [0.5, 0.6) is 5.75 Å². The molecule has 2 N–H and O–H groups in total. The topological polar surface area (TPSA) is 93.0 Å². The zero-order valence-corrected chi connectivity index (χ0v) is 14.7. The molecule has 0 aliphatic heterocycles. The smallest absolute Gasteiger partial charge is 0.316 e. The second-order valence-electron chi connectivity index (χ2n) is 6.06. The highest BCUT2D eigenvalue weighted by molar-refractivity contribution is 5.90. The molecule has 0 atom stereocenters. The first-order chi connectivity index (χ1) is 13.2. The van der Waals surface area contributed by atoms with Gasteiger partial charge in [0.05, 0.1) is 7.11 Å². The number of ether oxygens (including phenoxy) is 1. The van der Waals surface area contributed by atoms with Gasteiger partial charge in [-0.05, 0) is 41.6 Å². The summed E-state index contributed by atoms with van der Waals surface area (Å²) in [4.78, 5) is 19.6. The van der Waals surface area contributed by atoms with Gasteiger partial charge in [0.1, 0.15) is 5.75 Å². The van der Waals surface area contributed by atoms with E-state index in [0.29, 0.717) is 18.8 Å². The average molecular weight is 362 g/mol. The minimum Gasteiger partial charge on any atom is -0.497 e. The molecule has 0 aliphatic rings. The van der Waals surface area contributed by atoms with Crippen LogP contribution in [0.3, 0.4) is 0 Å². The summed E-state index contributed by atoms with van der Waals surface area (Å²) in [6.07, 6.45) is 2.56. The predicted octanol–water partition coefficient (Wildman–Crippen LogP) is 3.20. The van der Waals surface area contributed by atoms with E-state index in [9.17, 15) is 4.79 Å². The highest BCUT2D eigenvalue weighted by Gasteiger charge is 2.16. The minimum atomic E-state index is -0.386. The summed E-state index contributed by atoms with van der Waals surface area (Å²) in [7, 11) is 1.63. The van der Waals surface area contributed by atoms with E-state index in [4.69, 9.17) is 9.26 Å². The fourth-order valence-corrected chi connectivity index (χ4v) is 2.81. The Morgan fingerprint density at radius 3 is 2.85 bits per heavy atom. The lowest BCUT2D eigenvalue weighted by Gasteiger charge is -2.04. The molecule has 0 aliphatic carbocycles. The van der Waals surface area contributed by atoms with Crippen molar-refractivity contribution in [2.24, 2.45) is 0 Å². The third kappa shape index (κ3) is 3.67. The molecule has 0 saturated heterocycles. The van der Waals surface area contributed by atoms with Gasteiger partial charge in [0.25, 0.3) is 0 Å². The maximum atomic E-state index is 12.2. The van der Waals surface area contributed by atoms with E-state index in [2.05, 4.69) is 20.4 Å². The molecule has 0 unspecified atom stereocenters. The number of benzene rings is 2. The van der Waals surface area contributed by atoms with Crippen molar-refractivity contribution in [1.29, 1.82) is 0 Å². The molecule has 1 amide bonds. The molecule has 0 saturated carbocycles. The normalized spacial score (nSPS) is 10.9. The van der Waals surface area contributed by atoms with Crippen LogP contribution in [0.25, 0.3) is 22.3 Å². The molecule has 7 nitrogen and oxygen atoms in total. The molecule has 0 radical (unpaired) electrons. The monoisotopic (exact) mass is 362 g/mol. The van der Waals surface area contributed by atoms with Crippen LogP contribution in [-0.2, 0) is 6.42 Å². The van der Waals surface area contributed by atoms with E-state index in [0.717, 1.165) is 27.8 Å². The molecule has 2 aromatic heterocycles. The summed E-state index contributed by atoms with van der Waals surface area (Å²) in [6.45, 7) is 0.470. The summed E-state index contributed by atoms with van der Waals surface area (Å²) >= 11 is 0. The standard InChI is InChI=1S/C20H18N4O3/c1-26-16-6-2-13(3-7-16)8-10-22-19(25)20-23-18(24-27-20)15-5-4-14-9-11-21-17(14)12-15/h2-7,9,11-12,21H,8,10H2,1H3,(H,22,25). The Morgan fingerprint density at radius 1 is 1.19 bits per heavy atom. The van der Waals surface area contributed by atoms with Gasteiger partial charge < -0.3 is 19.6 Å². The summed E-state index contributed by atoms with van der Waals surface area (Å²) in [5.41, 5.74) is 2.86.